The molecule has 1 aliphatic rings. The highest BCUT2D eigenvalue weighted by Crippen LogP contribution is 2.39. The number of aromatic hydroxyl groups is 1. The Hall–Kier alpha value is -3.70. The number of aliphatic hydroxyl groups excluding tert-OH is 1. The lowest BCUT2D eigenvalue weighted by Gasteiger charge is -2.18. The summed E-state index contributed by atoms with van der Waals surface area (Å²) in [7, 11) is 0. The molecular formula is C24H17NO4. The number of benzene rings is 3. The van der Waals surface area contributed by atoms with Gasteiger partial charge in [-0.1, -0.05) is 54.6 Å². The molecule has 0 saturated carbocycles. The van der Waals surface area contributed by atoms with Crippen molar-refractivity contribution in [2.45, 2.75) is 12.6 Å². The van der Waals surface area contributed by atoms with E-state index in [0.717, 1.165) is 0 Å². The van der Waals surface area contributed by atoms with Crippen LogP contribution in [0.4, 0.5) is 0 Å². The first-order chi connectivity index (χ1) is 14.1. The van der Waals surface area contributed by atoms with E-state index in [1.54, 1.807) is 42.5 Å². The lowest BCUT2D eigenvalue weighted by atomic mass is 10.0. The summed E-state index contributed by atoms with van der Waals surface area (Å²) < 4.78 is 1.48. The Morgan fingerprint density at radius 3 is 2.28 bits per heavy atom. The monoisotopic (exact) mass is 383 g/mol. The molecule has 5 rings (SSSR count). The average molecular weight is 383 g/mol. The van der Waals surface area contributed by atoms with Crippen LogP contribution in [-0.4, -0.2) is 20.6 Å². The van der Waals surface area contributed by atoms with Crippen molar-refractivity contribution < 1.29 is 15.0 Å². The van der Waals surface area contributed by atoms with Crippen LogP contribution in [0.3, 0.4) is 0 Å². The molecule has 0 bridgehead atoms. The van der Waals surface area contributed by atoms with E-state index in [4.69, 9.17) is 0 Å². The number of phenolic OH excluding ortho intramolecular Hbond substituents is 1. The normalized spacial score (nSPS) is 13.3. The molecule has 1 aromatic heterocycles. The van der Waals surface area contributed by atoms with E-state index in [1.165, 1.54) is 16.7 Å². The Morgan fingerprint density at radius 1 is 0.828 bits per heavy atom. The number of rotatable bonds is 3. The van der Waals surface area contributed by atoms with Crippen molar-refractivity contribution in [2.24, 2.45) is 0 Å². The SMILES string of the molecule is O=C1c2ccccc2-c2c1c1ccccc1c(=O)n2C[C@@H](O)c1cccc(O)c1. The Kier molecular flexibility index (Phi) is 3.86. The van der Waals surface area contributed by atoms with E-state index in [2.05, 4.69) is 0 Å². The van der Waals surface area contributed by atoms with E-state index in [1.807, 2.05) is 18.2 Å². The zero-order valence-electron chi connectivity index (χ0n) is 15.4. The van der Waals surface area contributed by atoms with Crippen molar-refractivity contribution in [3.05, 3.63) is 99.8 Å². The van der Waals surface area contributed by atoms with Gasteiger partial charge in [-0.25, -0.2) is 0 Å². The smallest absolute Gasteiger partial charge is 0.259 e. The first-order valence-electron chi connectivity index (χ1n) is 9.33. The zero-order valence-corrected chi connectivity index (χ0v) is 15.4. The summed E-state index contributed by atoms with van der Waals surface area (Å²) in [6.07, 6.45) is -1.02. The van der Waals surface area contributed by atoms with E-state index >= 15 is 0 Å². The Labute approximate surface area is 166 Å². The van der Waals surface area contributed by atoms with Crippen molar-refractivity contribution in [1.29, 1.82) is 0 Å². The molecule has 0 radical (unpaired) electrons. The summed E-state index contributed by atoms with van der Waals surface area (Å²) in [4.78, 5) is 26.5. The lowest BCUT2D eigenvalue weighted by Crippen LogP contribution is -2.26. The maximum Gasteiger partial charge on any atom is 0.259 e. The fraction of sp³-hybridized carbons (Fsp3) is 0.0833. The van der Waals surface area contributed by atoms with Gasteiger partial charge >= 0.3 is 0 Å². The van der Waals surface area contributed by atoms with Crippen molar-refractivity contribution in [3.8, 4) is 17.0 Å². The number of nitrogens with zero attached hydrogens (tertiary/aromatic N) is 1. The molecule has 1 heterocycles. The summed E-state index contributed by atoms with van der Waals surface area (Å²) in [6, 6.07) is 20.6. The van der Waals surface area contributed by atoms with Gasteiger partial charge in [-0.2, -0.15) is 0 Å². The number of ketones is 1. The maximum absolute atomic E-state index is 13.3. The highest BCUT2D eigenvalue weighted by atomic mass is 16.3. The molecule has 2 N–H and O–H groups in total. The van der Waals surface area contributed by atoms with Crippen molar-refractivity contribution in [3.63, 3.8) is 0 Å². The van der Waals surface area contributed by atoms with Gasteiger partial charge in [-0.15, -0.1) is 0 Å². The van der Waals surface area contributed by atoms with E-state index in [-0.39, 0.29) is 23.6 Å². The minimum absolute atomic E-state index is 0.0307. The van der Waals surface area contributed by atoms with Gasteiger partial charge in [0.25, 0.3) is 5.56 Å². The third-order valence-corrected chi connectivity index (χ3v) is 5.44. The summed E-state index contributed by atoms with van der Waals surface area (Å²) in [5.74, 6) is -0.0782. The minimum atomic E-state index is -1.02. The van der Waals surface area contributed by atoms with Crippen molar-refractivity contribution >= 4 is 16.6 Å². The topological polar surface area (TPSA) is 79.5 Å². The van der Waals surface area contributed by atoms with Gasteiger partial charge in [0.15, 0.2) is 5.78 Å². The van der Waals surface area contributed by atoms with Crippen LogP contribution < -0.4 is 5.56 Å². The molecular weight excluding hydrogens is 366 g/mol. The fourth-order valence-electron chi connectivity index (χ4n) is 4.11. The number of carbonyl (C=O) groups is 1. The van der Waals surface area contributed by atoms with Crippen LogP contribution in [0.5, 0.6) is 5.75 Å². The first kappa shape index (κ1) is 17.4. The van der Waals surface area contributed by atoms with Gasteiger partial charge in [0.05, 0.1) is 23.9 Å². The molecule has 3 aromatic carbocycles. The first-order valence-corrected chi connectivity index (χ1v) is 9.33. The molecule has 4 aromatic rings. The summed E-state index contributed by atoms with van der Waals surface area (Å²) in [6.45, 7) is -0.0307. The molecule has 0 unspecified atom stereocenters. The summed E-state index contributed by atoms with van der Waals surface area (Å²) in [5, 5.41) is 21.6. The van der Waals surface area contributed by atoms with Crippen LogP contribution in [0.15, 0.2) is 77.6 Å². The molecule has 0 spiro atoms. The fourth-order valence-corrected chi connectivity index (χ4v) is 4.11. The van der Waals surface area contributed by atoms with Crippen LogP contribution in [0, 0.1) is 0 Å². The molecule has 5 heteroatoms. The van der Waals surface area contributed by atoms with E-state index < -0.39 is 6.10 Å². The molecule has 0 amide bonds. The quantitative estimate of drug-likeness (QED) is 0.498. The largest absolute Gasteiger partial charge is 0.508 e. The maximum atomic E-state index is 13.3. The number of hydrogen-bond acceptors (Lipinski definition) is 4. The molecule has 0 saturated heterocycles. The Bertz CT molecular complexity index is 1350. The third kappa shape index (κ3) is 2.59. The van der Waals surface area contributed by atoms with Gasteiger partial charge in [0, 0.05) is 21.9 Å². The number of hydrogen-bond donors (Lipinski definition) is 2. The van der Waals surface area contributed by atoms with Crippen LogP contribution >= 0.6 is 0 Å². The average Bonchev–Trinajstić information content (AvgIpc) is 3.04. The van der Waals surface area contributed by atoms with Gasteiger partial charge in [0.2, 0.25) is 0 Å². The second-order valence-corrected chi connectivity index (χ2v) is 7.17. The molecule has 5 nitrogen and oxygen atoms in total. The highest BCUT2D eigenvalue weighted by molar-refractivity contribution is 6.26. The molecule has 29 heavy (non-hydrogen) atoms. The van der Waals surface area contributed by atoms with Crippen LogP contribution in [0.25, 0.3) is 22.0 Å². The Morgan fingerprint density at radius 2 is 1.52 bits per heavy atom. The van der Waals surface area contributed by atoms with Crippen molar-refractivity contribution in [1.82, 2.24) is 4.57 Å². The number of aromatic nitrogens is 1. The van der Waals surface area contributed by atoms with Crippen LogP contribution in [0.2, 0.25) is 0 Å². The zero-order chi connectivity index (χ0) is 20.1. The standard InChI is InChI=1S/C24H17NO4/c26-15-7-5-6-14(12-15)20(27)13-25-22-17-9-2-3-10-18(17)23(28)21(22)16-8-1-4-11-19(16)24(25)29/h1-12,20,26-27H,13H2/t20-/m1/s1. The number of pyridine rings is 1. The second kappa shape index (κ2) is 6.43. The number of phenols is 1. The Balaban J connectivity index is 1.78. The molecule has 142 valence electrons. The van der Waals surface area contributed by atoms with Gasteiger partial charge < -0.3 is 14.8 Å². The summed E-state index contributed by atoms with van der Waals surface area (Å²) in [5.41, 5.74) is 2.51. The summed E-state index contributed by atoms with van der Waals surface area (Å²) >= 11 is 0. The molecule has 0 aliphatic heterocycles. The van der Waals surface area contributed by atoms with E-state index in [9.17, 15) is 19.8 Å². The number of aliphatic hydroxyl groups is 1. The number of fused-ring (bicyclic) bond motifs is 5. The number of carbonyl (C=O) groups excluding carboxylic acids is 1. The van der Waals surface area contributed by atoms with Gasteiger partial charge in [-0.3, -0.25) is 9.59 Å². The second-order valence-electron chi connectivity index (χ2n) is 7.17. The molecule has 1 aliphatic carbocycles. The van der Waals surface area contributed by atoms with Crippen LogP contribution in [-0.2, 0) is 6.54 Å². The van der Waals surface area contributed by atoms with Gasteiger partial charge in [-0.05, 0) is 23.8 Å². The van der Waals surface area contributed by atoms with Gasteiger partial charge in [0.1, 0.15) is 5.75 Å². The lowest BCUT2D eigenvalue weighted by molar-refractivity contribution is 0.104. The third-order valence-electron chi connectivity index (χ3n) is 5.44. The van der Waals surface area contributed by atoms with Crippen molar-refractivity contribution in [2.75, 3.05) is 0 Å². The predicted octanol–water partition coefficient (Wildman–Crippen LogP) is 3.65. The van der Waals surface area contributed by atoms with Crippen LogP contribution in [0.1, 0.15) is 27.6 Å². The molecule has 1 atom stereocenters. The van der Waals surface area contributed by atoms with E-state index in [0.29, 0.717) is 38.7 Å². The molecule has 0 fully saturated rings. The highest BCUT2D eigenvalue weighted by Gasteiger charge is 2.32. The predicted molar refractivity (Wildman–Crippen MR) is 110 cm³/mol. The minimum Gasteiger partial charge on any atom is -0.508 e.